The number of aryl methyl sites for hydroxylation is 1. The number of rotatable bonds is 4. The molecule has 1 aliphatic heterocycles. The van der Waals surface area contributed by atoms with E-state index in [0.717, 1.165) is 36.5 Å². The van der Waals surface area contributed by atoms with Crippen molar-refractivity contribution in [1.82, 2.24) is 4.98 Å². The summed E-state index contributed by atoms with van der Waals surface area (Å²) < 4.78 is 0. The van der Waals surface area contributed by atoms with Crippen LogP contribution in [0.1, 0.15) is 35.8 Å². The second kappa shape index (κ2) is 6.09. The largest absolute Gasteiger partial charge is 0.478 e. The molecule has 2 rings (SSSR count). The molecule has 1 aromatic rings. The Labute approximate surface area is 111 Å². The van der Waals surface area contributed by atoms with E-state index >= 15 is 0 Å². The molecule has 1 aromatic heterocycles. The molecule has 0 aromatic carbocycles. The van der Waals surface area contributed by atoms with Crippen molar-refractivity contribution in [3.05, 3.63) is 23.4 Å². The van der Waals surface area contributed by atoms with Gasteiger partial charge in [0, 0.05) is 11.7 Å². The van der Waals surface area contributed by atoms with Crippen LogP contribution in [0.25, 0.3) is 0 Å². The van der Waals surface area contributed by atoms with Crippen molar-refractivity contribution in [1.29, 1.82) is 0 Å². The van der Waals surface area contributed by atoms with Crippen molar-refractivity contribution in [2.24, 2.45) is 0 Å². The molecule has 0 radical (unpaired) electrons. The number of anilines is 1. The number of aromatic carboxylic acids is 1. The fourth-order valence-corrected chi connectivity index (χ4v) is 3.12. The first kappa shape index (κ1) is 13.2. The van der Waals surface area contributed by atoms with Gasteiger partial charge in [0.05, 0.1) is 5.56 Å². The molecule has 1 saturated heterocycles. The lowest BCUT2D eigenvalue weighted by molar-refractivity contribution is 0.0696. The summed E-state index contributed by atoms with van der Waals surface area (Å²) in [5.41, 5.74) is 1.14. The van der Waals surface area contributed by atoms with E-state index in [-0.39, 0.29) is 0 Å². The quantitative estimate of drug-likeness (QED) is 0.877. The molecule has 4 nitrogen and oxygen atoms in total. The summed E-state index contributed by atoms with van der Waals surface area (Å²) in [6.45, 7) is 1.98. The second-order valence-electron chi connectivity index (χ2n) is 4.42. The number of carbonyl (C=O) groups is 1. The van der Waals surface area contributed by atoms with Gasteiger partial charge >= 0.3 is 5.97 Å². The van der Waals surface area contributed by atoms with E-state index in [1.54, 1.807) is 12.1 Å². The molecule has 0 amide bonds. The predicted octanol–water partition coefficient (Wildman–Crippen LogP) is 2.65. The van der Waals surface area contributed by atoms with Gasteiger partial charge in [-0.15, -0.1) is 0 Å². The number of pyridine rings is 1. The van der Waals surface area contributed by atoms with E-state index in [4.69, 9.17) is 5.11 Å². The molecule has 1 fully saturated rings. The molecule has 0 spiro atoms. The Balaban J connectivity index is 2.15. The molecule has 5 heteroatoms. The van der Waals surface area contributed by atoms with Gasteiger partial charge in [0.15, 0.2) is 0 Å². The monoisotopic (exact) mass is 266 g/mol. The Morgan fingerprint density at radius 1 is 1.50 bits per heavy atom. The summed E-state index contributed by atoms with van der Waals surface area (Å²) in [6, 6.07) is 3.69. The average molecular weight is 266 g/mol. The van der Waals surface area contributed by atoms with Crippen LogP contribution in [0, 0.1) is 0 Å². The van der Waals surface area contributed by atoms with Crippen LogP contribution >= 0.6 is 11.8 Å². The van der Waals surface area contributed by atoms with Crippen molar-refractivity contribution in [2.45, 2.75) is 32.2 Å². The van der Waals surface area contributed by atoms with Gasteiger partial charge in [-0.3, -0.25) is 0 Å². The molecule has 2 N–H and O–H groups in total. The van der Waals surface area contributed by atoms with E-state index in [2.05, 4.69) is 10.3 Å². The summed E-state index contributed by atoms with van der Waals surface area (Å²) in [5.74, 6) is 2.13. The normalized spacial score (nSPS) is 16.5. The summed E-state index contributed by atoms with van der Waals surface area (Å²) in [6.07, 6.45) is 2.98. The van der Waals surface area contributed by atoms with Crippen LogP contribution in [-0.4, -0.2) is 33.6 Å². The maximum absolute atomic E-state index is 11.1. The number of hydrogen-bond donors (Lipinski definition) is 2. The number of carboxylic acid groups (broad SMARTS) is 1. The predicted molar refractivity (Wildman–Crippen MR) is 74.5 cm³/mol. The van der Waals surface area contributed by atoms with Crippen molar-refractivity contribution in [2.75, 3.05) is 16.8 Å². The van der Waals surface area contributed by atoms with E-state index < -0.39 is 5.97 Å². The van der Waals surface area contributed by atoms with E-state index in [1.165, 1.54) is 0 Å². The maximum Gasteiger partial charge on any atom is 0.335 e. The third-order valence-electron chi connectivity index (χ3n) is 3.06. The zero-order chi connectivity index (χ0) is 13.0. The number of carboxylic acids is 1. The average Bonchev–Trinajstić information content (AvgIpc) is 2.39. The Kier molecular flexibility index (Phi) is 4.47. The highest BCUT2D eigenvalue weighted by molar-refractivity contribution is 7.99. The first-order valence-corrected chi connectivity index (χ1v) is 7.43. The minimum Gasteiger partial charge on any atom is -0.478 e. The van der Waals surface area contributed by atoms with Gasteiger partial charge in [-0.25, -0.2) is 9.78 Å². The first-order chi connectivity index (χ1) is 8.69. The zero-order valence-electron chi connectivity index (χ0n) is 10.5. The fraction of sp³-hybridized carbons (Fsp3) is 0.538. The summed E-state index contributed by atoms with van der Waals surface area (Å²) in [7, 11) is 0. The summed E-state index contributed by atoms with van der Waals surface area (Å²) in [5, 5.41) is 12.4. The van der Waals surface area contributed by atoms with E-state index in [1.807, 2.05) is 18.7 Å². The Morgan fingerprint density at radius 2 is 2.22 bits per heavy atom. The zero-order valence-corrected chi connectivity index (χ0v) is 11.3. The minimum atomic E-state index is -0.894. The van der Waals surface area contributed by atoms with Gasteiger partial charge in [0.2, 0.25) is 0 Å². The van der Waals surface area contributed by atoms with Crippen molar-refractivity contribution < 1.29 is 9.90 Å². The number of nitrogens with zero attached hydrogens (tertiary/aromatic N) is 1. The van der Waals surface area contributed by atoms with Gasteiger partial charge in [-0.1, -0.05) is 6.92 Å². The standard InChI is InChI=1S/C13H18N2O2S/c1-2-10-7-9(13(16)17)8-12(14-10)15-11-3-5-18-6-4-11/h7-8,11H,2-6H2,1H3,(H,14,15)(H,16,17). The first-order valence-electron chi connectivity index (χ1n) is 6.27. The molecular formula is C13H18N2O2S. The SMILES string of the molecule is CCc1cc(C(=O)O)cc(NC2CCSCC2)n1. The van der Waals surface area contributed by atoms with Crippen molar-refractivity contribution in [3.8, 4) is 0 Å². The van der Waals surface area contributed by atoms with E-state index in [9.17, 15) is 4.79 Å². The van der Waals surface area contributed by atoms with Crippen LogP contribution in [0.15, 0.2) is 12.1 Å². The van der Waals surface area contributed by atoms with Gasteiger partial charge in [0.1, 0.15) is 5.82 Å². The van der Waals surface area contributed by atoms with Crippen LogP contribution in [0.5, 0.6) is 0 Å². The lowest BCUT2D eigenvalue weighted by atomic mass is 10.1. The summed E-state index contributed by atoms with van der Waals surface area (Å²) >= 11 is 1.97. The highest BCUT2D eigenvalue weighted by atomic mass is 32.2. The minimum absolute atomic E-state index is 0.314. The molecule has 1 aliphatic rings. The number of aromatic nitrogens is 1. The fourth-order valence-electron chi connectivity index (χ4n) is 2.02. The van der Waals surface area contributed by atoms with Crippen LogP contribution in [0.2, 0.25) is 0 Å². The molecule has 0 unspecified atom stereocenters. The third-order valence-corrected chi connectivity index (χ3v) is 4.11. The molecule has 2 heterocycles. The topological polar surface area (TPSA) is 62.2 Å². The second-order valence-corrected chi connectivity index (χ2v) is 5.65. The molecule has 0 aliphatic carbocycles. The van der Waals surface area contributed by atoms with Gasteiger partial charge in [0.25, 0.3) is 0 Å². The van der Waals surface area contributed by atoms with Gasteiger partial charge in [-0.05, 0) is 42.9 Å². The van der Waals surface area contributed by atoms with Crippen LogP contribution in [0.3, 0.4) is 0 Å². The molecule has 0 atom stereocenters. The molecule has 18 heavy (non-hydrogen) atoms. The van der Waals surface area contributed by atoms with E-state index in [0.29, 0.717) is 17.4 Å². The Bertz CT molecular complexity index is 431. The smallest absolute Gasteiger partial charge is 0.335 e. The van der Waals surface area contributed by atoms with Crippen LogP contribution in [-0.2, 0) is 6.42 Å². The number of hydrogen-bond acceptors (Lipinski definition) is 4. The lowest BCUT2D eigenvalue weighted by Gasteiger charge is -2.23. The molecule has 0 saturated carbocycles. The highest BCUT2D eigenvalue weighted by Gasteiger charge is 2.15. The molecule has 98 valence electrons. The van der Waals surface area contributed by atoms with Crippen LogP contribution < -0.4 is 5.32 Å². The lowest BCUT2D eigenvalue weighted by Crippen LogP contribution is -2.25. The Hall–Kier alpha value is -1.23. The Morgan fingerprint density at radius 3 is 2.83 bits per heavy atom. The van der Waals surface area contributed by atoms with Gasteiger partial charge < -0.3 is 10.4 Å². The number of nitrogens with one attached hydrogen (secondary N) is 1. The number of thioether (sulfide) groups is 1. The highest BCUT2D eigenvalue weighted by Crippen LogP contribution is 2.21. The third kappa shape index (κ3) is 3.38. The molecular weight excluding hydrogens is 248 g/mol. The van der Waals surface area contributed by atoms with Crippen LogP contribution in [0.4, 0.5) is 5.82 Å². The van der Waals surface area contributed by atoms with Crippen molar-refractivity contribution >= 4 is 23.5 Å². The summed E-state index contributed by atoms with van der Waals surface area (Å²) in [4.78, 5) is 15.5. The van der Waals surface area contributed by atoms with Crippen molar-refractivity contribution in [3.63, 3.8) is 0 Å². The molecule has 0 bridgehead atoms. The van der Waals surface area contributed by atoms with Gasteiger partial charge in [-0.2, -0.15) is 11.8 Å². The maximum atomic E-state index is 11.1.